The Bertz CT molecular complexity index is 803. The highest BCUT2D eigenvalue weighted by Crippen LogP contribution is 2.27. The minimum atomic E-state index is -3.63. The van der Waals surface area contributed by atoms with E-state index in [1.807, 2.05) is 46.8 Å². The molecule has 4 nitrogen and oxygen atoms in total. The van der Waals surface area contributed by atoms with Crippen LogP contribution in [0.15, 0.2) is 35.2 Å². The lowest BCUT2D eigenvalue weighted by Gasteiger charge is -2.15. The quantitative estimate of drug-likeness (QED) is 0.895. The number of anilines is 1. The van der Waals surface area contributed by atoms with E-state index in [0.717, 1.165) is 22.3 Å². The van der Waals surface area contributed by atoms with Crippen LogP contribution in [0.25, 0.3) is 0 Å². The van der Waals surface area contributed by atoms with Crippen molar-refractivity contribution in [1.82, 2.24) is 0 Å². The Hall–Kier alpha value is -2.01. The van der Waals surface area contributed by atoms with Crippen molar-refractivity contribution in [3.05, 3.63) is 52.6 Å². The number of benzene rings is 2. The molecule has 0 aromatic heterocycles. The monoisotopic (exact) mass is 333 g/mol. The summed E-state index contributed by atoms with van der Waals surface area (Å²) in [5.74, 6) is 0.703. The number of sulfonamides is 1. The Labute approximate surface area is 138 Å². The van der Waals surface area contributed by atoms with E-state index in [1.165, 1.54) is 0 Å². The Morgan fingerprint density at radius 1 is 0.957 bits per heavy atom. The van der Waals surface area contributed by atoms with E-state index in [4.69, 9.17) is 4.74 Å². The highest BCUT2D eigenvalue weighted by Gasteiger charge is 2.18. The standard InChI is InChI=1S/C18H23NO3S/c1-6-22-17-8-7-16(11-13(17)3)23(20,21)19-18-14(4)9-12(2)10-15(18)5/h7-11,19H,6H2,1-5H3. The Morgan fingerprint density at radius 3 is 2.09 bits per heavy atom. The van der Waals surface area contributed by atoms with E-state index in [0.29, 0.717) is 18.0 Å². The zero-order valence-electron chi connectivity index (χ0n) is 14.2. The second-order valence-corrected chi connectivity index (χ2v) is 7.42. The van der Waals surface area contributed by atoms with Crippen LogP contribution in [-0.2, 0) is 10.0 Å². The minimum absolute atomic E-state index is 0.234. The number of rotatable bonds is 5. The second-order valence-electron chi connectivity index (χ2n) is 5.74. The number of aryl methyl sites for hydroxylation is 4. The summed E-state index contributed by atoms with van der Waals surface area (Å²) in [6.07, 6.45) is 0. The van der Waals surface area contributed by atoms with Crippen LogP contribution in [0.4, 0.5) is 5.69 Å². The fourth-order valence-corrected chi connectivity index (χ4v) is 3.93. The van der Waals surface area contributed by atoms with E-state index in [-0.39, 0.29) is 4.90 Å². The zero-order chi connectivity index (χ0) is 17.2. The maximum Gasteiger partial charge on any atom is 0.261 e. The van der Waals surface area contributed by atoms with Gasteiger partial charge in [-0.25, -0.2) is 8.42 Å². The van der Waals surface area contributed by atoms with Crippen LogP contribution >= 0.6 is 0 Å². The fourth-order valence-electron chi connectivity index (χ4n) is 2.64. The molecule has 0 radical (unpaired) electrons. The van der Waals surface area contributed by atoms with Gasteiger partial charge in [-0.1, -0.05) is 17.7 Å². The Kier molecular flexibility index (Phi) is 5.00. The number of nitrogens with one attached hydrogen (secondary N) is 1. The van der Waals surface area contributed by atoms with Gasteiger partial charge >= 0.3 is 0 Å². The molecule has 124 valence electrons. The maximum atomic E-state index is 12.7. The molecule has 0 aliphatic carbocycles. The van der Waals surface area contributed by atoms with Crippen molar-refractivity contribution >= 4 is 15.7 Å². The molecule has 0 spiro atoms. The first-order valence-electron chi connectivity index (χ1n) is 7.58. The van der Waals surface area contributed by atoms with Crippen LogP contribution in [0.5, 0.6) is 5.75 Å². The van der Waals surface area contributed by atoms with E-state index < -0.39 is 10.0 Å². The molecule has 1 N–H and O–H groups in total. The second kappa shape index (κ2) is 6.62. The lowest BCUT2D eigenvalue weighted by Crippen LogP contribution is -2.15. The van der Waals surface area contributed by atoms with Gasteiger partial charge in [-0.15, -0.1) is 0 Å². The summed E-state index contributed by atoms with van der Waals surface area (Å²) in [6, 6.07) is 8.83. The van der Waals surface area contributed by atoms with Crippen LogP contribution in [0.1, 0.15) is 29.2 Å². The van der Waals surface area contributed by atoms with Crippen molar-refractivity contribution in [3.63, 3.8) is 0 Å². The lowest BCUT2D eigenvalue weighted by atomic mass is 10.1. The highest BCUT2D eigenvalue weighted by molar-refractivity contribution is 7.92. The van der Waals surface area contributed by atoms with Gasteiger partial charge in [0.2, 0.25) is 0 Å². The van der Waals surface area contributed by atoms with E-state index in [2.05, 4.69) is 4.72 Å². The van der Waals surface area contributed by atoms with Gasteiger partial charge in [0.1, 0.15) is 5.75 Å². The predicted molar refractivity (Wildman–Crippen MR) is 93.8 cm³/mol. The molecule has 2 aromatic carbocycles. The maximum absolute atomic E-state index is 12.7. The summed E-state index contributed by atoms with van der Waals surface area (Å²) in [6.45, 7) is 10.1. The molecule has 5 heteroatoms. The Morgan fingerprint density at radius 2 is 1.57 bits per heavy atom. The summed E-state index contributed by atoms with van der Waals surface area (Å²) in [7, 11) is -3.63. The molecule has 2 aromatic rings. The average molecular weight is 333 g/mol. The normalized spacial score (nSPS) is 11.3. The number of hydrogen-bond acceptors (Lipinski definition) is 3. The van der Waals surface area contributed by atoms with Gasteiger partial charge in [0.15, 0.2) is 0 Å². The SMILES string of the molecule is CCOc1ccc(S(=O)(=O)Nc2c(C)cc(C)cc2C)cc1C. The van der Waals surface area contributed by atoms with Gasteiger partial charge in [-0.3, -0.25) is 4.72 Å². The van der Waals surface area contributed by atoms with Crippen LogP contribution in [0.2, 0.25) is 0 Å². The Balaban J connectivity index is 2.38. The molecular formula is C18H23NO3S. The van der Waals surface area contributed by atoms with Gasteiger partial charge in [0.25, 0.3) is 10.0 Å². The van der Waals surface area contributed by atoms with Crippen molar-refractivity contribution in [2.45, 2.75) is 39.5 Å². The summed E-state index contributed by atoms with van der Waals surface area (Å²) >= 11 is 0. The van der Waals surface area contributed by atoms with Crippen LogP contribution in [0, 0.1) is 27.7 Å². The van der Waals surface area contributed by atoms with E-state index in [1.54, 1.807) is 18.2 Å². The number of hydrogen-bond donors (Lipinski definition) is 1. The molecule has 0 aliphatic rings. The first-order chi connectivity index (χ1) is 10.7. The molecule has 0 saturated carbocycles. The fraction of sp³-hybridized carbons (Fsp3) is 0.333. The summed E-state index contributed by atoms with van der Waals surface area (Å²) < 4.78 is 33.5. The third-order valence-electron chi connectivity index (χ3n) is 3.67. The topological polar surface area (TPSA) is 55.4 Å². The zero-order valence-corrected chi connectivity index (χ0v) is 15.0. The van der Waals surface area contributed by atoms with Gasteiger partial charge in [-0.05, 0) is 69.5 Å². The average Bonchev–Trinajstić information content (AvgIpc) is 2.45. The van der Waals surface area contributed by atoms with Crippen molar-refractivity contribution in [3.8, 4) is 5.75 Å². The first kappa shape index (κ1) is 17.3. The van der Waals surface area contributed by atoms with Crippen molar-refractivity contribution < 1.29 is 13.2 Å². The van der Waals surface area contributed by atoms with Crippen LogP contribution in [-0.4, -0.2) is 15.0 Å². The lowest BCUT2D eigenvalue weighted by molar-refractivity contribution is 0.337. The van der Waals surface area contributed by atoms with Gasteiger partial charge in [0.05, 0.1) is 17.2 Å². The molecule has 0 bridgehead atoms. The molecule has 2 rings (SSSR count). The molecule has 0 saturated heterocycles. The van der Waals surface area contributed by atoms with Crippen molar-refractivity contribution in [2.75, 3.05) is 11.3 Å². The highest BCUT2D eigenvalue weighted by atomic mass is 32.2. The molecule has 23 heavy (non-hydrogen) atoms. The van der Waals surface area contributed by atoms with Crippen molar-refractivity contribution in [1.29, 1.82) is 0 Å². The largest absolute Gasteiger partial charge is 0.494 e. The summed E-state index contributed by atoms with van der Waals surface area (Å²) in [5, 5.41) is 0. The van der Waals surface area contributed by atoms with Gasteiger partial charge < -0.3 is 4.74 Å². The molecule has 0 atom stereocenters. The third-order valence-corrected chi connectivity index (χ3v) is 5.02. The number of ether oxygens (including phenoxy) is 1. The summed E-state index contributed by atoms with van der Waals surface area (Å²) in [4.78, 5) is 0.234. The first-order valence-corrected chi connectivity index (χ1v) is 9.07. The van der Waals surface area contributed by atoms with Gasteiger partial charge in [0, 0.05) is 0 Å². The molecule has 0 unspecified atom stereocenters. The van der Waals surface area contributed by atoms with E-state index >= 15 is 0 Å². The molecule has 0 aliphatic heterocycles. The smallest absolute Gasteiger partial charge is 0.261 e. The third kappa shape index (κ3) is 3.85. The minimum Gasteiger partial charge on any atom is -0.494 e. The van der Waals surface area contributed by atoms with Crippen molar-refractivity contribution in [2.24, 2.45) is 0 Å². The van der Waals surface area contributed by atoms with Crippen LogP contribution in [0.3, 0.4) is 0 Å². The van der Waals surface area contributed by atoms with Gasteiger partial charge in [-0.2, -0.15) is 0 Å². The molecule has 0 amide bonds. The summed E-state index contributed by atoms with van der Waals surface area (Å²) in [5.41, 5.74) is 4.37. The molecule has 0 fully saturated rings. The van der Waals surface area contributed by atoms with Crippen LogP contribution < -0.4 is 9.46 Å². The molecule has 0 heterocycles. The van der Waals surface area contributed by atoms with E-state index in [9.17, 15) is 8.42 Å². The predicted octanol–water partition coefficient (Wildman–Crippen LogP) is 4.12. The molecular weight excluding hydrogens is 310 g/mol.